The van der Waals surface area contributed by atoms with Gasteiger partial charge in [0.05, 0.1) is 23.3 Å². The normalized spacial score (nSPS) is 10.5. The van der Waals surface area contributed by atoms with Crippen molar-refractivity contribution in [1.82, 2.24) is 10.3 Å². The molecule has 1 aromatic heterocycles. The summed E-state index contributed by atoms with van der Waals surface area (Å²) in [5.41, 5.74) is 12.4. The smallest absolute Gasteiger partial charge is 0.255 e. The van der Waals surface area contributed by atoms with Crippen molar-refractivity contribution in [3.8, 4) is 0 Å². The monoisotopic (exact) mass is 315 g/mol. The highest BCUT2D eigenvalue weighted by Gasteiger charge is 2.15. The SMILES string of the molecule is NCCCCNc1c(C(=O)NCC(N)=O)cnc2ccccc12. The Kier molecular flexibility index (Phi) is 5.87. The lowest BCUT2D eigenvalue weighted by molar-refractivity contribution is -0.117. The molecule has 0 atom stereocenters. The first-order valence-corrected chi connectivity index (χ1v) is 7.51. The lowest BCUT2D eigenvalue weighted by Gasteiger charge is -2.14. The number of benzene rings is 1. The number of pyridine rings is 1. The van der Waals surface area contributed by atoms with Crippen molar-refractivity contribution in [3.63, 3.8) is 0 Å². The van der Waals surface area contributed by atoms with Gasteiger partial charge in [-0.05, 0) is 25.5 Å². The van der Waals surface area contributed by atoms with Crippen LogP contribution < -0.4 is 22.1 Å². The van der Waals surface area contributed by atoms with Gasteiger partial charge in [0.25, 0.3) is 5.91 Å². The van der Waals surface area contributed by atoms with E-state index in [4.69, 9.17) is 11.5 Å². The molecule has 2 aromatic rings. The van der Waals surface area contributed by atoms with Gasteiger partial charge < -0.3 is 22.1 Å². The second-order valence-electron chi connectivity index (χ2n) is 5.14. The fourth-order valence-electron chi connectivity index (χ4n) is 2.25. The summed E-state index contributed by atoms with van der Waals surface area (Å²) in [7, 11) is 0. The first-order valence-electron chi connectivity index (χ1n) is 7.51. The summed E-state index contributed by atoms with van der Waals surface area (Å²) < 4.78 is 0. The zero-order valence-electron chi connectivity index (χ0n) is 12.8. The van der Waals surface area contributed by atoms with E-state index in [1.165, 1.54) is 6.20 Å². The predicted molar refractivity (Wildman–Crippen MR) is 90.0 cm³/mol. The van der Waals surface area contributed by atoms with Crippen LogP contribution in [0, 0.1) is 0 Å². The van der Waals surface area contributed by atoms with Crippen LogP contribution in [0.1, 0.15) is 23.2 Å². The number of fused-ring (bicyclic) bond motifs is 1. The van der Waals surface area contributed by atoms with Crippen LogP contribution in [0.25, 0.3) is 10.9 Å². The molecule has 1 aromatic carbocycles. The molecule has 0 aliphatic carbocycles. The minimum Gasteiger partial charge on any atom is -0.384 e. The van der Waals surface area contributed by atoms with Crippen LogP contribution in [-0.2, 0) is 4.79 Å². The maximum absolute atomic E-state index is 12.3. The molecule has 23 heavy (non-hydrogen) atoms. The van der Waals surface area contributed by atoms with E-state index in [2.05, 4.69) is 15.6 Å². The molecule has 0 aliphatic rings. The van der Waals surface area contributed by atoms with Crippen molar-refractivity contribution in [2.24, 2.45) is 11.5 Å². The van der Waals surface area contributed by atoms with Gasteiger partial charge in [-0.25, -0.2) is 0 Å². The molecule has 6 N–H and O–H groups in total. The van der Waals surface area contributed by atoms with Gasteiger partial charge in [-0.3, -0.25) is 14.6 Å². The Morgan fingerprint density at radius 1 is 1.17 bits per heavy atom. The molecule has 0 spiro atoms. The highest BCUT2D eigenvalue weighted by atomic mass is 16.2. The Hall–Kier alpha value is -2.67. The third-order valence-electron chi connectivity index (χ3n) is 3.38. The van der Waals surface area contributed by atoms with Gasteiger partial charge in [0.15, 0.2) is 0 Å². The highest BCUT2D eigenvalue weighted by Crippen LogP contribution is 2.25. The summed E-state index contributed by atoms with van der Waals surface area (Å²) >= 11 is 0. The number of anilines is 1. The molecule has 1 heterocycles. The third-order valence-corrected chi connectivity index (χ3v) is 3.38. The van der Waals surface area contributed by atoms with Gasteiger partial charge in [-0.2, -0.15) is 0 Å². The molecular formula is C16H21N5O2. The minimum atomic E-state index is -0.593. The average molecular weight is 315 g/mol. The highest BCUT2D eigenvalue weighted by molar-refractivity contribution is 6.07. The summed E-state index contributed by atoms with van der Waals surface area (Å²) in [4.78, 5) is 27.4. The molecule has 0 unspecified atom stereocenters. The number of amides is 2. The standard InChI is InChI=1S/C16H21N5O2/c17-7-3-4-8-19-15-11-5-1-2-6-13(11)20-9-12(15)16(23)21-10-14(18)22/h1-2,5-6,9H,3-4,7-8,10,17H2,(H2,18,22)(H,19,20)(H,21,23). The molecule has 122 valence electrons. The zero-order valence-corrected chi connectivity index (χ0v) is 12.8. The Bertz CT molecular complexity index is 702. The number of aromatic nitrogens is 1. The minimum absolute atomic E-state index is 0.210. The maximum Gasteiger partial charge on any atom is 0.255 e. The number of nitrogens with two attached hydrogens (primary N) is 2. The topological polar surface area (TPSA) is 123 Å². The summed E-state index contributed by atoms with van der Waals surface area (Å²) in [6.45, 7) is 1.12. The second kappa shape index (κ2) is 8.09. The van der Waals surface area contributed by atoms with Crippen molar-refractivity contribution < 1.29 is 9.59 Å². The quantitative estimate of drug-likeness (QED) is 0.531. The lowest BCUT2D eigenvalue weighted by atomic mass is 10.1. The largest absolute Gasteiger partial charge is 0.384 e. The molecule has 7 nitrogen and oxygen atoms in total. The predicted octanol–water partition coefficient (Wildman–Crippen LogP) is 0.601. The second-order valence-corrected chi connectivity index (χ2v) is 5.14. The molecule has 0 fully saturated rings. The van der Waals surface area contributed by atoms with Crippen LogP contribution in [0.3, 0.4) is 0 Å². The molecule has 2 amide bonds. The molecule has 0 radical (unpaired) electrons. The van der Waals surface area contributed by atoms with E-state index in [9.17, 15) is 9.59 Å². The third kappa shape index (κ3) is 4.40. The van der Waals surface area contributed by atoms with Crippen molar-refractivity contribution in [3.05, 3.63) is 36.0 Å². The molecule has 2 rings (SSSR count). The number of nitrogens with zero attached hydrogens (tertiary/aromatic N) is 1. The van der Waals surface area contributed by atoms with Crippen molar-refractivity contribution in [2.45, 2.75) is 12.8 Å². The Morgan fingerprint density at radius 2 is 1.96 bits per heavy atom. The first kappa shape index (κ1) is 16.7. The van der Waals surface area contributed by atoms with Gasteiger partial charge in [-0.15, -0.1) is 0 Å². The van der Waals surface area contributed by atoms with Crippen LogP contribution in [0.5, 0.6) is 0 Å². The van der Waals surface area contributed by atoms with Gasteiger partial charge in [-0.1, -0.05) is 18.2 Å². The Labute approximate surface area is 134 Å². The van der Waals surface area contributed by atoms with Gasteiger partial charge >= 0.3 is 0 Å². The number of carbonyl (C=O) groups excluding carboxylic acids is 2. The van der Waals surface area contributed by atoms with Crippen LogP contribution in [0.2, 0.25) is 0 Å². The zero-order chi connectivity index (χ0) is 16.7. The molecule has 0 saturated carbocycles. The molecule has 0 saturated heterocycles. The van der Waals surface area contributed by atoms with Crippen molar-refractivity contribution in [2.75, 3.05) is 25.0 Å². The van der Waals surface area contributed by atoms with E-state index >= 15 is 0 Å². The molecular weight excluding hydrogens is 294 g/mol. The molecule has 0 aliphatic heterocycles. The number of carbonyl (C=O) groups is 2. The molecule has 7 heteroatoms. The van der Waals surface area contributed by atoms with Crippen molar-refractivity contribution in [1.29, 1.82) is 0 Å². The van der Waals surface area contributed by atoms with Gasteiger partial charge in [0.1, 0.15) is 0 Å². The lowest BCUT2D eigenvalue weighted by Crippen LogP contribution is -2.33. The number of primary amides is 1. The number of hydrogen-bond acceptors (Lipinski definition) is 5. The first-order chi connectivity index (χ1) is 11.1. The fraction of sp³-hybridized carbons (Fsp3) is 0.312. The van der Waals surface area contributed by atoms with E-state index < -0.39 is 5.91 Å². The summed E-state index contributed by atoms with van der Waals surface area (Å²) in [6, 6.07) is 7.56. The fourth-order valence-corrected chi connectivity index (χ4v) is 2.25. The van der Waals surface area contributed by atoms with E-state index in [1.54, 1.807) is 0 Å². The number of para-hydroxylation sites is 1. The van der Waals surface area contributed by atoms with Crippen LogP contribution in [0.4, 0.5) is 5.69 Å². The number of nitrogens with one attached hydrogen (secondary N) is 2. The van der Waals surface area contributed by atoms with E-state index in [1.807, 2.05) is 24.3 Å². The maximum atomic E-state index is 12.3. The van der Waals surface area contributed by atoms with Gasteiger partial charge in [0, 0.05) is 18.1 Å². The summed E-state index contributed by atoms with van der Waals surface area (Å²) in [5.74, 6) is -0.979. The van der Waals surface area contributed by atoms with E-state index in [0.29, 0.717) is 24.3 Å². The number of rotatable bonds is 8. The summed E-state index contributed by atoms with van der Waals surface area (Å²) in [6.07, 6.45) is 3.30. The van der Waals surface area contributed by atoms with Crippen LogP contribution in [0.15, 0.2) is 30.5 Å². The van der Waals surface area contributed by atoms with Crippen LogP contribution >= 0.6 is 0 Å². The van der Waals surface area contributed by atoms with Gasteiger partial charge in [0.2, 0.25) is 5.91 Å². The molecule has 0 bridgehead atoms. The Balaban J connectivity index is 2.30. The van der Waals surface area contributed by atoms with E-state index in [-0.39, 0.29) is 12.5 Å². The van der Waals surface area contributed by atoms with E-state index in [0.717, 1.165) is 23.7 Å². The number of hydrogen-bond donors (Lipinski definition) is 4. The summed E-state index contributed by atoms with van der Waals surface area (Å²) in [5, 5.41) is 6.63. The van der Waals surface area contributed by atoms with Crippen molar-refractivity contribution >= 4 is 28.4 Å². The average Bonchev–Trinajstić information content (AvgIpc) is 2.56. The Morgan fingerprint density at radius 3 is 2.70 bits per heavy atom. The number of unbranched alkanes of at least 4 members (excludes halogenated alkanes) is 1. The van der Waals surface area contributed by atoms with Crippen LogP contribution in [-0.4, -0.2) is 36.4 Å².